The van der Waals surface area contributed by atoms with Gasteiger partial charge in [0.25, 0.3) is 0 Å². The Morgan fingerprint density at radius 3 is 1.24 bits per heavy atom. The third kappa shape index (κ3) is 10.7. The van der Waals surface area contributed by atoms with Gasteiger partial charge in [0.2, 0.25) is 0 Å². The largest absolute Gasteiger partial charge is 0.507 e. The van der Waals surface area contributed by atoms with Crippen LogP contribution in [0.15, 0.2) is 24.3 Å². The number of phenols is 2. The van der Waals surface area contributed by atoms with Crippen molar-refractivity contribution in [2.45, 2.75) is 156 Å². The van der Waals surface area contributed by atoms with Crippen LogP contribution in [0.3, 0.4) is 0 Å². The lowest BCUT2D eigenvalue weighted by Crippen LogP contribution is -2.06. The molecule has 2 N–H and O–H groups in total. The molecular weight excluding hydrogens is 464 g/mol. The Kier molecular flexibility index (Phi) is 15.6. The zero-order valence-corrected chi connectivity index (χ0v) is 25.5. The number of rotatable bonds is 20. The predicted molar refractivity (Wildman–Crippen MR) is 166 cm³/mol. The van der Waals surface area contributed by atoms with Crippen molar-refractivity contribution >= 4 is 0 Å². The molecule has 0 saturated carbocycles. The number of unbranched alkanes of at least 4 members (excludes halogenated alkanes) is 12. The van der Waals surface area contributed by atoms with Gasteiger partial charge in [0.05, 0.1) is 0 Å². The summed E-state index contributed by atoms with van der Waals surface area (Å²) < 4.78 is 0. The highest BCUT2D eigenvalue weighted by molar-refractivity contribution is 5.54. The summed E-state index contributed by atoms with van der Waals surface area (Å²) in [7, 11) is 0. The minimum atomic E-state index is 0.0142. The van der Waals surface area contributed by atoms with Crippen molar-refractivity contribution in [3.05, 3.63) is 57.6 Å². The summed E-state index contributed by atoms with van der Waals surface area (Å²) in [4.78, 5) is 0. The average Bonchev–Trinajstić information content (AvgIpc) is 2.89. The third-order valence-electron chi connectivity index (χ3n) is 8.15. The molecule has 0 unspecified atom stereocenters. The zero-order valence-electron chi connectivity index (χ0n) is 25.5. The Hall–Kier alpha value is -1.96. The molecule has 38 heavy (non-hydrogen) atoms. The summed E-state index contributed by atoms with van der Waals surface area (Å²) in [6.45, 7) is 11.0. The van der Waals surface area contributed by atoms with E-state index in [9.17, 15) is 10.2 Å². The SMILES string of the molecule is CCCCCCCCCc1cc(C)cc(C(CCC)c2cc(C)cc(CCCCCCCCC)c2O)c1O. The standard InChI is InChI=1S/C36H58O2/c1-6-9-11-13-15-17-19-22-30-24-28(4)26-33(35(30)37)32(21-8-3)34-27-29(5)25-31(36(34)38)23-20-18-16-14-12-10-7-2/h24-27,32,37-38H,6-23H2,1-5H3. The predicted octanol–water partition coefficient (Wildman–Crippen LogP) is 11.2. The number of aryl methyl sites for hydroxylation is 4. The molecule has 2 rings (SSSR count). The Morgan fingerprint density at radius 1 is 0.500 bits per heavy atom. The summed E-state index contributed by atoms with van der Waals surface area (Å²) in [5.41, 5.74) is 6.54. The van der Waals surface area contributed by atoms with Crippen LogP contribution >= 0.6 is 0 Å². The van der Waals surface area contributed by atoms with E-state index in [2.05, 4.69) is 58.9 Å². The molecule has 214 valence electrons. The second-order valence-corrected chi connectivity index (χ2v) is 11.8. The van der Waals surface area contributed by atoms with Crippen LogP contribution in [0.25, 0.3) is 0 Å². The lowest BCUT2D eigenvalue weighted by atomic mass is 9.82. The van der Waals surface area contributed by atoms with Gasteiger partial charge in [-0.2, -0.15) is 0 Å². The minimum Gasteiger partial charge on any atom is -0.507 e. The molecule has 0 aromatic heterocycles. The van der Waals surface area contributed by atoms with Crippen molar-refractivity contribution in [3.63, 3.8) is 0 Å². The van der Waals surface area contributed by atoms with E-state index in [1.165, 1.54) is 88.2 Å². The highest BCUT2D eigenvalue weighted by Gasteiger charge is 2.24. The van der Waals surface area contributed by atoms with Gasteiger partial charge in [-0.1, -0.05) is 140 Å². The van der Waals surface area contributed by atoms with Crippen LogP contribution in [0.1, 0.15) is 163 Å². The maximum atomic E-state index is 11.5. The van der Waals surface area contributed by atoms with Crippen molar-refractivity contribution in [3.8, 4) is 11.5 Å². The first kappa shape index (κ1) is 32.3. The first-order valence-electron chi connectivity index (χ1n) is 16.1. The fraction of sp³-hybridized carbons (Fsp3) is 0.667. The van der Waals surface area contributed by atoms with E-state index >= 15 is 0 Å². The highest BCUT2D eigenvalue weighted by Crippen LogP contribution is 2.43. The van der Waals surface area contributed by atoms with E-state index in [0.717, 1.165) is 60.8 Å². The van der Waals surface area contributed by atoms with E-state index in [0.29, 0.717) is 11.5 Å². The van der Waals surface area contributed by atoms with E-state index in [-0.39, 0.29) is 5.92 Å². The molecule has 0 bridgehead atoms. The Bertz CT molecular complexity index is 856. The van der Waals surface area contributed by atoms with Gasteiger partial charge in [0, 0.05) is 17.0 Å². The molecule has 2 nitrogen and oxygen atoms in total. The fourth-order valence-corrected chi connectivity index (χ4v) is 5.99. The Morgan fingerprint density at radius 2 is 0.868 bits per heavy atom. The van der Waals surface area contributed by atoms with Crippen molar-refractivity contribution in [2.75, 3.05) is 0 Å². The van der Waals surface area contributed by atoms with E-state index in [1.54, 1.807) is 0 Å². The van der Waals surface area contributed by atoms with E-state index in [1.807, 2.05) is 0 Å². The molecule has 0 radical (unpaired) electrons. The van der Waals surface area contributed by atoms with Gasteiger partial charge in [-0.3, -0.25) is 0 Å². The number of hydrogen-bond acceptors (Lipinski definition) is 2. The summed E-state index contributed by atoms with van der Waals surface area (Å²) >= 11 is 0. The summed E-state index contributed by atoms with van der Waals surface area (Å²) in [6.07, 6.45) is 21.7. The number of benzene rings is 2. The molecule has 0 aliphatic rings. The van der Waals surface area contributed by atoms with Crippen molar-refractivity contribution in [1.82, 2.24) is 0 Å². The molecule has 0 aliphatic heterocycles. The molecule has 2 heteroatoms. The Balaban J connectivity index is 2.18. The Labute approximate surface area is 235 Å². The molecular formula is C36H58O2. The smallest absolute Gasteiger partial charge is 0.122 e. The number of phenolic OH excluding ortho intramolecular Hbond substituents is 2. The van der Waals surface area contributed by atoms with E-state index in [4.69, 9.17) is 0 Å². The van der Waals surface area contributed by atoms with Crippen LogP contribution in [0.4, 0.5) is 0 Å². The fourth-order valence-electron chi connectivity index (χ4n) is 5.99. The first-order valence-corrected chi connectivity index (χ1v) is 16.1. The summed E-state index contributed by atoms with van der Waals surface area (Å²) in [5, 5.41) is 22.9. The van der Waals surface area contributed by atoms with Crippen LogP contribution in [0, 0.1) is 13.8 Å². The minimum absolute atomic E-state index is 0.0142. The number of aromatic hydroxyl groups is 2. The maximum Gasteiger partial charge on any atom is 0.122 e. The van der Waals surface area contributed by atoms with Gasteiger partial charge in [0.15, 0.2) is 0 Å². The molecule has 0 saturated heterocycles. The van der Waals surface area contributed by atoms with Gasteiger partial charge >= 0.3 is 0 Å². The molecule has 0 fully saturated rings. The van der Waals surface area contributed by atoms with Gasteiger partial charge < -0.3 is 10.2 Å². The quantitative estimate of drug-likeness (QED) is 0.170. The van der Waals surface area contributed by atoms with Crippen LogP contribution < -0.4 is 0 Å². The van der Waals surface area contributed by atoms with Crippen LogP contribution in [0.5, 0.6) is 11.5 Å². The van der Waals surface area contributed by atoms with Crippen LogP contribution in [-0.2, 0) is 12.8 Å². The molecule has 0 aliphatic carbocycles. The molecule has 2 aromatic rings. The van der Waals surface area contributed by atoms with Crippen molar-refractivity contribution in [2.24, 2.45) is 0 Å². The lowest BCUT2D eigenvalue weighted by Gasteiger charge is -2.24. The zero-order chi connectivity index (χ0) is 27.8. The first-order chi connectivity index (χ1) is 18.4. The van der Waals surface area contributed by atoms with Gasteiger partial charge in [0.1, 0.15) is 11.5 Å². The highest BCUT2D eigenvalue weighted by atomic mass is 16.3. The molecule has 0 spiro atoms. The normalized spacial score (nSPS) is 11.5. The molecule has 0 atom stereocenters. The van der Waals surface area contributed by atoms with E-state index < -0.39 is 0 Å². The lowest BCUT2D eigenvalue weighted by molar-refractivity contribution is 0.441. The van der Waals surface area contributed by atoms with Gasteiger partial charge in [-0.15, -0.1) is 0 Å². The summed E-state index contributed by atoms with van der Waals surface area (Å²) in [6, 6.07) is 8.64. The molecule has 0 heterocycles. The summed E-state index contributed by atoms with van der Waals surface area (Å²) in [5.74, 6) is 0.921. The second-order valence-electron chi connectivity index (χ2n) is 11.8. The topological polar surface area (TPSA) is 40.5 Å². The van der Waals surface area contributed by atoms with Gasteiger partial charge in [-0.25, -0.2) is 0 Å². The third-order valence-corrected chi connectivity index (χ3v) is 8.15. The average molecular weight is 523 g/mol. The second kappa shape index (κ2) is 18.3. The monoisotopic (exact) mass is 522 g/mol. The van der Waals surface area contributed by atoms with Crippen LogP contribution in [0.2, 0.25) is 0 Å². The molecule has 2 aromatic carbocycles. The molecule has 0 amide bonds. The van der Waals surface area contributed by atoms with Crippen molar-refractivity contribution < 1.29 is 10.2 Å². The maximum absolute atomic E-state index is 11.5. The number of hydrogen-bond donors (Lipinski definition) is 2. The van der Waals surface area contributed by atoms with Gasteiger partial charge in [-0.05, 0) is 57.1 Å². The van der Waals surface area contributed by atoms with Crippen LogP contribution in [-0.4, -0.2) is 10.2 Å². The van der Waals surface area contributed by atoms with Crippen molar-refractivity contribution in [1.29, 1.82) is 0 Å².